The van der Waals surface area contributed by atoms with Crippen molar-refractivity contribution in [3.63, 3.8) is 0 Å². The van der Waals surface area contributed by atoms with Crippen molar-refractivity contribution in [2.75, 3.05) is 0 Å². The summed E-state index contributed by atoms with van der Waals surface area (Å²) >= 11 is 16.9. The van der Waals surface area contributed by atoms with Crippen molar-refractivity contribution in [2.45, 2.75) is 26.1 Å². The molecule has 0 saturated carbocycles. The molecule has 0 aromatic heterocycles. The Balaban J connectivity index is 2.14. The number of carbonyl (C=O) groups excluding carboxylic acids is 1. The van der Waals surface area contributed by atoms with E-state index in [4.69, 9.17) is 44.3 Å². The van der Waals surface area contributed by atoms with Crippen LogP contribution in [0.1, 0.15) is 37.3 Å². The summed E-state index contributed by atoms with van der Waals surface area (Å²) in [7, 11) is 0. The van der Waals surface area contributed by atoms with Crippen LogP contribution in [0.2, 0.25) is 5.02 Å². The molecule has 2 aromatic carbocycles. The minimum Gasteiger partial charge on any atom is -0.462 e. The normalized spacial score (nSPS) is 13.0. The van der Waals surface area contributed by atoms with Gasteiger partial charge in [-0.1, -0.05) is 72.9 Å². The summed E-state index contributed by atoms with van der Waals surface area (Å²) < 4.78 is 24.8. The highest BCUT2D eigenvalue weighted by Gasteiger charge is 2.28. The fraction of sp³-hybridized carbons (Fsp3) is 0.250. The van der Waals surface area contributed by atoms with Gasteiger partial charge in [0.15, 0.2) is 0 Å². The molecule has 0 fully saturated rings. The zero-order chi connectivity index (χ0) is 20.0. The number of alkyl halides is 1. The zero-order valence-electron chi connectivity index (χ0n) is 14.7. The molecule has 0 aliphatic carbocycles. The Morgan fingerprint density at radius 1 is 1.07 bits per heavy atom. The molecule has 0 heterocycles. The van der Waals surface area contributed by atoms with Crippen LogP contribution in [0.25, 0.3) is 0 Å². The van der Waals surface area contributed by atoms with Crippen molar-refractivity contribution < 1.29 is 18.7 Å². The number of hydrogen-bond acceptors (Lipinski definition) is 3. The first-order chi connectivity index (χ1) is 12.8. The van der Waals surface area contributed by atoms with Gasteiger partial charge in [-0.25, -0.2) is 0 Å². The number of rotatable bonds is 7. The molecule has 144 valence electrons. The summed E-state index contributed by atoms with van der Waals surface area (Å²) in [6, 6.07) is 12.9. The van der Waals surface area contributed by atoms with Gasteiger partial charge in [-0.2, -0.15) is 4.39 Å². The van der Waals surface area contributed by atoms with Crippen LogP contribution in [0.3, 0.4) is 0 Å². The van der Waals surface area contributed by atoms with E-state index in [2.05, 4.69) is 0 Å². The largest absolute Gasteiger partial charge is 0.462 e. The van der Waals surface area contributed by atoms with Crippen LogP contribution in [0.15, 0.2) is 59.3 Å². The fourth-order valence-electron chi connectivity index (χ4n) is 2.55. The Labute approximate surface area is 172 Å². The number of halogens is 4. The Morgan fingerprint density at radius 2 is 1.74 bits per heavy atom. The lowest BCUT2D eigenvalue weighted by Gasteiger charge is -2.21. The monoisotopic (exact) mass is 430 g/mol. The second-order valence-electron chi connectivity index (χ2n) is 6.12. The number of carbonyl (C=O) groups is 1. The van der Waals surface area contributed by atoms with Crippen LogP contribution in [0.5, 0.6) is 5.75 Å². The molecule has 2 atom stereocenters. The predicted octanol–water partition coefficient (Wildman–Crippen LogP) is 6.95. The third-order valence-corrected chi connectivity index (χ3v) is 4.20. The number of esters is 1. The van der Waals surface area contributed by atoms with Crippen molar-refractivity contribution >= 4 is 40.8 Å². The van der Waals surface area contributed by atoms with Crippen LogP contribution in [-0.2, 0) is 9.53 Å². The maximum Gasteiger partial charge on any atom is 0.316 e. The molecule has 0 spiro atoms. The van der Waals surface area contributed by atoms with Crippen molar-refractivity contribution in [1.82, 2.24) is 0 Å². The SMILES string of the molecule is CC(C)C(C(=O)OC(F)c1cccc(OC=C(Cl)Cl)c1)c1ccc(Cl)cc1. The first kappa shape index (κ1) is 21.5. The lowest BCUT2D eigenvalue weighted by atomic mass is 9.88. The van der Waals surface area contributed by atoms with Gasteiger partial charge >= 0.3 is 5.97 Å². The second-order valence-corrected chi connectivity index (χ2v) is 7.57. The summed E-state index contributed by atoms with van der Waals surface area (Å²) in [6.45, 7) is 3.73. The van der Waals surface area contributed by atoms with Crippen LogP contribution < -0.4 is 4.74 Å². The zero-order valence-corrected chi connectivity index (χ0v) is 16.9. The van der Waals surface area contributed by atoms with Crippen LogP contribution in [0, 0.1) is 5.92 Å². The number of hydrogen-bond donors (Lipinski definition) is 0. The van der Waals surface area contributed by atoms with Gasteiger partial charge in [0, 0.05) is 10.6 Å². The highest BCUT2D eigenvalue weighted by molar-refractivity contribution is 6.55. The Kier molecular flexibility index (Phi) is 7.96. The highest BCUT2D eigenvalue weighted by Crippen LogP contribution is 2.31. The number of benzene rings is 2. The summed E-state index contributed by atoms with van der Waals surface area (Å²) in [4.78, 5) is 12.6. The van der Waals surface area contributed by atoms with Gasteiger partial charge in [0.1, 0.15) is 16.5 Å². The molecule has 3 nitrogen and oxygen atoms in total. The molecule has 0 saturated heterocycles. The first-order valence-electron chi connectivity index (χ1n) is 8.15. The van der Waals surface area contributed by atoms with Gasteiger partial charge < -0.3 is 9.47 Å². The molecule has 2 unspecified atom stereocenters. The van der Waals surface area contributed by atoms with Crippen molar-refractivity contribution in [1.29, 1.82) is 0 Å². The van der Waals surface area contributed by atoms with E-state index in [9.17, 15) is 9.18 Å². The Bertz CT molecular complexity index is 802. The molecule has 27 heavy (non-hydrogen) atoms. The first-order valence-corrected chi connectivity index (χ1v) is 9.29. The van der Waals surface area contributed by atoms with Crippen molar-refractivity contribution in [3.05, 3.63) is 75.4 Å². The summed E-state index contributed by atoms with van der Waals surface area (Å²) in [5.74, 6) is -1.05. The highest BCUT2D eigenvalue weighted by atomic mass is 35.5. The lowest BCUT2D eigenvalue weighted by Crippen LogP contribution is -2.22. The van der Waals surface area contributed by atoms with Crippen LogP contribution in [-0.4, -0.2) is 5.97 Å². The van der Waals surface area contributed by atoms with Crippen LogP contribution >= 0.6 is 34.8 Å². The van der Waals surface area contributed by atoms with Crippen molar-refractivity contribution in [3.8, 4) is 5.75 Å². The average molecular weight is 432 g/mol. The molecule has 0 amide bonds. The number of ether oxygens (including phenoxy) is 2. The molecule has 2 rings (SSSR count). The van der Waals surface area contributed by atoms with E-state index in [1.807, 2.05) is 13.8 Å². The van der Waals surface area contributed by atoms with Gasteiger partial charge in [0.05, 0.1) is 5.92 Å². The summed E-state index contributed by atoms with van der Waals surface area (Å²) in [5, 5.41) is 0.556. The molecular weight excluding hydrogens is 414 g/mol. The van der Waals surface area contributed by atoms with E-state index in [-0.39, 0.29) is 16.0 Å². The van der Waals surface area contributed by atoms with Crippen LogP contribution in [0.4, 0.5) is 4.39 Å². The second kappa shape index (κ2) is 9.98. The minimum absolute atomic E-state index is 0.0774. The smallest absolute Gasteiger partial charge is 0.316 e. The van der Waals surface area contributed by atoms with Gasteiger partial charge in [0.2, 0.25) is 0 Å². The van der Waals surface area contributed by atoms with Crippen molar-refractivity contribution in [2.24, 2.45) is 5.92 Å². The molecule has 2 aromatic rings. The van der Waals surface area contributed by atoms with Gasteiger partial charge in [0.25, 0.3) is 6.36 Å². The van der Waals surface area contributed by atoms with E-state index in [0.29, 0.717) is 16.3 Å². The van der Waals surface area contributed by atoms with E-state index < -0.39 is 18.2 Å². The van der Waals surface area contributed by atoms with E-state index in [1.165, 1.54) is 12.1 Å². The minimum atomic E-state index is -1.94. The van der Waals surface area contributed by atoms with E-state index in [0.717, 1.165) is 6.26 Å². The third-order valence-electron chi connectivity index (χ3n) is 3.77. The lowest BCUT2D eigenvalue weighted by molar-refractivity contribution is -0.161. The topological polar surface area (TPSA) is 35.5 Å². The molecule has 0 aliphatic rings. The quantitative estimate of drug-likeness (QED) is 0.351. The average Bonchev–Trinajstić information content (AvgIpc) is 2.61. The summed E-state index contributed by atoms with van der Waals surface area (Å²) in [5.41, 5.74) is 0.851. The third kappa shape index (κ3) is 6.42. The molecular formula is C20H18Cl3FO3. The maximum atomic E-state index is 14.6. The van der Waals surface area contributed by atoms with E-state index >= 15 is 0 Å². The van der Waals surface area contributed by atoms with Gasteiger partial charge in [-0.05, 0) is 35.7 Å². The van der Waals surface area contributed by atoms with Gasteiger partial charge in [-0.3, -0.25) is 4.79 Å². The fourth-order valence-corrected chi connectivity index (χ4v) is 2.76. The molecule has 7 heteroatoms. The molecule has 0 bridgehead atoms. The van der Waals surface area contributed by atoms with Gasteiger partial charge in [-0.15, -0.1) is 0 Å². The Morgan fingerprint density at radius 3 is 2.33 bits per heavy atom. The Hall–Kier alpha value is -1.75. The predicted molar refractivity (Wildman–Crippen MR) is 106 cm³/mol. The maximum absolute atomic E-state index is 14.6. The molecule has 0 radical (unpaired) electrons. The standard InChI is InChI=1S/C20H18Cl3FO3/c1-12(2)18(13-6-8-15(21)9-7-13)20(25)27-19(24)14-4-3-5-16(10-14)26-11-17(22)23/h3-12,18-19H,1-2H3. The summed E-state index contributed by atoms with van der Waals surface area (Å²) in [6.07, 6.45) is -0.832. The molecule has 0 aliphatic heterocycles. The molecule has 0 N–H and O–H groups in total. The van der Waals surface area contributed by atoms with E-state index in [1.54, 1.807) is 36.4 Å².